The first-order valence-electron chi connectivity index (χ1n) is 8.21. The molecule has 0 aliphatic carbocycles. The normalized spacial score (nSPS) is 13.2. The maximum atomic E-state index is 12.2. The van der Waals surface area contributed by atoms with E-state index in [1.54, 1.807) is 4.31 Å². The van der Waals surface area contributed by atoms with E-state index in [0.29, 0.717) is 6.42 Å². The van der Waals surface area contributed by atoms with Crippen molar-refractivity contribution in [3.8, 4) is 0 Å². The standard InChI is InChI=1S/C21H21NO2S/c1-17-12-14-20(15-13-17)22(25(23)24)21(19-10-6-3-7-11-19)16-18-8-4-2-5-9-18/h2-15,21H,16H2,1H3,(H,23,24)/t21-/m1/s1. The van der Waals surface area contributed by atoms with Crippen molar-refractivity contribution >= 4 is 17.0 Å². The summed E-state index contributed by atoms with van der Waals surface area (Å²) < 4.78 is 23.8. The largest absolute Gasteiger partial charge is 0.289 e. The Bertz CT molecular complexity index is 820. The number of hydrogen-bond donors (Lipinski definition) is 1. The summed E-state index contributed by atoms with van der Waals surface area (Å²) in [6.45, 7) is 2.00. The predicted molar refractivity (Wildman–Crippen MR) is 104 cm³/mol. The molecule has 128 valence electrons. The molecule has 25 heavy (non-hydrogen) atoms. The maximum Gasteiger partial charge on any atom is 0.262 e. The molecule has 1 unspecified atom stereocenters. The quantitative estimate of drug-likeness (QED) is 0.640. The molecule has 3 aromatic carbocycles. The van der Waals surface area contributed by atoms with Crippen LogP contribution in [0.3, 0.4) is 0 Å². The van der Waals surface area contributed by atoms with E-state index in [-0.39, 0.29) is 6.04 Å². The second-order valence-electron chi connectivity index (χ2n) is 6.01. The van der Waals surface area contributed by atoms with Gasteiger partial charge in [0.2, 0.25) is 0 Å². The second-order valence-corrected chi connectivity index (χ2v) is 6.86. The molecule has 0 fully saturated rings. The third-order valence-corrected chi connectivity index (χ3v) is 5.00. The van der Waals surface area contributed by atoms with Gasteiger partial charge in [-0.2, -0.15) is 0 Å². The van der Waals surface area contributed by atoms with Crippen LogP contribution in [0.4, 0.5) is 5.69 Å². The summed E-state index contributed by atoms with van der Waals surface area (Å²) in [6.07, 6.45) is 0.644. The Morgan fingerprint density at radius 3 is 2.00 bits per heavy atom. The zero-order valence-corrected chi connectivity index (χ0v) is 14.9. The van der Waals surface area contributed by atoms with E-state index in [2.05, 4.69) is 0 Å². The molecule has 2 atom stereocenters. The summed E-state index contributed by atoms with van der Waals surface area (Å²) in [7, 11) is 0. The van der Waals surface area contributed by atoms with E-state index < -0.39 is 11.3 Å². The zero-order chi connectivity index (χ0) is 17.6. The van der Waals surface area contributed by atoms with Crippen LogP contribution < -0.4 is 4.31 Å². The molecule has 0 heterocycles. The monoisotopic (exact) mass is 351 g/mol. The van der Waals surface area contributed by atoms with Gasteiger partial charge in [-0.05, 0) is 36.6 Å². The zero-order valence-electron chi connectivity index (χ0n) is 14.1. The third-order valence-electron chi connectivity index (χ3n) is 4.20. The van der Waals surface area contributed by atoms with Crippen molar-refractivity contribution in [2.24, 2.45) is 0 Å². The van der Waals surface area contributed by atoms with Crippen LogP contribution in [-0.4, -0.2) is 8.76 Å². The van der Waals surface area contributed by atoms with Crippen molar-refractivity contribution in [2.45, 2.75) is 19.4 Å². The van der Waals surface area contributed by atoms with Gasteiger partial charge in [0.05, 0.1) is 11.7 Å². The molecule has 3 aromatic rings. The molecule has 3 rings (SSSR count). The summed E-state index contributed by atoms with van der Waals surface area (Å²) in [6, 6.07) is 27.4. The molecule has 0 amide bonds. The molecule has 4 heteroatoms. The fourth-order valence-corrected chi connectivity index (χ4v) is 3.64. The van der Waals surface area contributed by atoms with Gasteiger partial charge in [0.1, 0.15) is 0 Å². The molecule has 0 bridgehead atoms. The minimum atomic E-state index is -2.13. The number of anilines is 1. The van der Waals surface area contributed by atoms with Crippen molar-refractivity contribution in [3.63, 3.8) is 0 Å². The maximum absolute atomic E-state index is 12.2. The predicted octanol–water partition coefficient (Wildman–Crippen LogP) is 4.92. The van der Waals surface area contributed by atoms with Gasteiger partial charge < -0.3 is 0 Å². The third kappa shape index (κ3) is 4.35. The molecule has 0 saturated heterocycles. The summed E-state index contributed by atoms with van der Waals surface area (Å²) in [4.78, 5) is 0. The molecule has 1 N–H and O–H groups in total. The first-order chi connectivity index (χ1) is 12.1. The minimum Gasteiger partial charge on any atom is -0.289 e. The van der Waals surface area contributed by atoms with Crippen LogP contribution in [0.15, 0.2) is 84.9 Å². The van der Waals surface area contributed by atoms with E-state index in [4.69, 9.17) is 0 Å². The Hall–Kier alpha value is -2.43. The van der Waals surface area contributed by atoms with Crippen LogP contribution in [0.5, 0.6) is 0 Å². The van der Waals surface area contributed by atoms with E-state index in [0.717, 1.165) is 22.4 Å². The molecule has 0 aliphatic heterocycles. The first-order valence-corrected chi connectivity index (χ1v) is 9.27. The van der Waals surface area contributed by atoms with Gasteiger partial charge in [0.25, 0.3) is 11.3 Å². The SMILES string of the molecule is Cc1ccc(N([C@H](Cc2ccccc2)c2ccccc2)S(=O)O)cc1. The molecule has 0 spiro atoms. The van der Waals surface area contributed by atoms with E-state index >= 15 is 0 Å². The second kappa shape index (κ2) is 8.10. The fraction of sp³-hybridized carbons (Fsp3) is 0.143. The lowest BCUT2D eigenvalue weighted by atomic mass is 9.98. The number of nitrogens with zero attached hydrogens (tertiary/aromatic N) is 1. The van der Waals surface area contributed by atoms with Crippen LogP contribution >= 0.6 is 0 Å². The lowest BCUT2D eigenvalue weighted by molar-refractivity contribution is 0.546. The highest BCUT2D eigenvalue weighted by Gasteiger charge is 2.25. The number of hydrogen-bond acceptors (Lipinski definition) is 1. The van der Waals surface area contributed by atoms with Gasteiger partial charge in [-0.25, -0.2) is 4.21 Å². The molecular formula is C21H21NO2S. The van der Waals surface area contributed by atoms with Crippen molar-refractivity contribution in [1.29, 1.82) is 0 Å². The lowest BCUT2D eigenvalue weighted by Gasteiger charge is -2.30. The Kier molecular flexibility index (Phi) is 5.64. The highest BCUT2D eigenvalue weighted by Crippen LogP contribution is 2.31. The van der Waals surface area contributed by atoms with Crippen molar-refractivity contribution in [3.05, 3.63) is 102 Å². The van der Waals surface area contributed by atoms with Crippen molar-refractivity contribution in [1.82, 2.24) is 0 Å². The van der Waals surface area contributed by atoms with Gasteiger partial charge in [0, 0.05) is 0 Å². The van der Waals surface area contributed by atoms with Gasteiger partial charge in [-0.15, -0.1) is 0 Å². The van der Waals surface area contributed by atoms with Crippen LogP contribution in [0, 0.1) is 6.92 Å². The first kappa shape index (κ1) is 17.4. The summed E-state index contributed by atoms with van der Waals surface area (Å²) in [5, 5.41) is 0. The van der Waals surface area contributed by atoms with Gasteiger partial charge in [0.15, 0.2) is 0 Å². The Morgan fingerprint density at radius 2 is 1.44 bits per heavy atom. The molecule has 0 saturated carbocycles. The van der Waals surface area contributed by atoms with Crippen LogP contribution in [-0.2, 0) is 17.7 Å². The van der Waals surface area contributed by atoms with Gasteiger partial charge in [-0.3, -0.25) is 8.86 Å². The number of rotatable bonds is 6. The fourth-order valence-electron chi connectivity index (χ4n) is 2.92. The summed E-state index contributed by atoms with van der Waals surface area (Å²) in [5.74, 6) is 0. The Labute approximate surface area is 151 Å². The minimum absolute atomic E-state index is 0.239. The Morgan fingerprint density at radius 1 is 0.880 bits per heavy atom. The molecular weight excluding hydrogens is 330 g/mol. The van der Waals surface area contributed by atoms with Gasteiger partial charge in [-0.1, -0.05) is 78.4 Å². The molecule has 0 radical (unpaired) electrons. The van der Waals surface area contributed by atoms with Gasteiger partial charge >= 0.3 is 0 Å². The highest BCUT2D eigenvalue weighted by atomic mass is 32.2. The smallest absolute Gasteiger partial charge is 0.262 e. The highest BCUT2D eigenvalue weighted by molar-refractivity contribution is 7.80. The number of aryl methyl sites for hydroxylation is 1. The number of benzene rings is 3. The Balaban J connectivity index is 2.04. The molecule has 3 nitrogen and oxygen atoms in total. The summed E-state index contributed by atoms with van der Waals surface area (Å²) in [5.41, 5.74) is 3.98. The van der Waals surface area contributed by atoms with Crippen molar-refractivity contribution < 1.29 is 8.76 Å². The topological polar surface area (TPSA) is 40.5 Å². The van der Waals surface area contributed by atoms with E-state index in [1.807, 2.05) is 91.9 Å². The van der Waals surface area contributed by atoms with Crippen molar-refractivity contribution in [2.75, 3.05) is 4.31 Å². The molecule has 0 aromatic heterocycles. The van der Waals surface area contributed by atoms with Crippen LogP contribution in [0.2, 0.25) is 0 Å². The summed E-state index contributed by atoms with van der Waals surface area (Å²) >= 11 is -2.13. The average Bonchev–Trinajstić information content (AvgIpc) is 2.64. The average molecular weight is 351 g/mol. The van der Waals surface area contributed by atoms with E-state index in [9.17, 15) is 8.76 Å². The van der Waals surface area contributed by atoms with Crippen LogP contribution in [0.25, 0.3) is 0 Å². The molecule has 0 aliphatic rings. The van der Waals surface area contributed by atoms with E-state index in [1.165, 1.54) is 0 Å². The lowest BCUT2D eigenvalue weighted by Crippen LogP contribution is -2.31. The van der Waals surface area contributed by atoms with Crippen LogP contribution in [0.1, 0.15) is 22.7 Å².